The van der Waals surface area contributed by atoms with Gasteiger partial charge in [0.05, 0.1) is 17.5 Å². The number of nitrogens with one attached hydrogen (secondary N) is 2. The highest BCUT2D eigenvalue weighted by Gasteiger charge is 2.35. The number of aromatic nitrogens is 3. The van der Waals surface area contributed by atoms with Crippen molar-refractivity contribution in [3.63, 3.8) is 0 Å². The molecule has 0 unspecified atom stereocenters. The molecular weight excluding hydrogens is 307 g/mol. The lowest BCUT2D eigenvalue weighted by molar-refractivity contribution is -0.136. The molecule has 0 aliphatic carbocycles. The van der Waals surface area contributed by atoms with E-state index in [-0.39, 0.29) is 16.9 Å². The van der Waals surface area contributed by atoms with Crippen molar-refractivity contribution in [1.29, 1.82) is 0 Å². The minimum absolute atomic E-state index is 0.0748. The summed E-state index contributed by atoms with van der Waals surface area (Å²) in [5.74, 6) is 0.110. The normalized spacial score (nSPS) is 13.5. The van der Waals surface area contributed by atoms with Gasteiger partial charge in [-0.1, -0.05) is 6.07 Å². The van der Waals surface area contributed by atoms with E-state index in [9.17, 15) is 13.2 Å². The highest BCUT2D eigenvalue weighted by atomic mass is 19.4. The summed E-state index contributed by atoms with van der Waals surface area (Å²) in [4.78, 5) is 14.5. The molecule has 0 bridgehead atoms. The highest BCUT2D eigenvalue weighted by molar-refractivity contribution is 5.93. The Kier molecular flexibility index (Phi) is 2.87. The van der Waals surface area contributed by atoms with E-state index in [2.05, 4.69) is 25.3 Å². The van der Waals surface area contributed by atoms with Crippen LogP contribution in [0.25, 0.3) is 11.0 Å². The number of rotatable bonds is 2. The molecule has 4 rings (SSSR count). The van der Waals surface area contributed by atoms with Crippen molar-refractivity contribution >= 4 is 28.8 Å². The van der Waals surface area contributed by atoms with E-state index in [1.807, 2.05) is 12.1 Å². The number of hydrogen-bond donors (Lipinski definition) is 2. The Balaban J connectivity index is 1.80. The maximum absolute atomic E-state index is 13.1. The van der Waals surface area contributed by atoms with Crippen molar-refractivity contribution in [2.75, 3.05) is 5.32 Å². The lowest BCUT2D eigenvalue weighted by Gasteiger charge is -2.10. The van der Waals surface area contributed by atoms with Crippen molar-refractivity contribution in [1.82, 2.24) is 15.0 Å². The van der Waals surface area contributed by atoms with Crippen molar-refractivity contribution < 1.29 is 13.2 Å². The third kappa shape index (κ3) is 2.32. The van der Waals surface area contributed by atoms with E-state index >= 15 is 0 Å². The predicted octanol–water partition coefficient (Wildman–Crippen LogP) is 3.65. The van der Waals surface area contributed by atoms with Gasteiger partial charge in [0, 0.05) is 18.1 Å². The third-order valence-electron chi connectivity index (χ3n) is 3.68. The molecule has 1 aliphatic rings. The monoisotopic (exact) mass is 317 g/mol. The molecule has 0 atom stereocenters. The van der Waals surface area contributed by atoms with Crippen LogP contribution in [0, 0.1) is 0 Å². The van der Waals surface area contributed by atoms with Gasteiger partial charge in [0.15, 0.2) is 0 Å². The van der Waals surface area contributed by atoms with Crippen LogP contribution in [-0.4, -0.2) is 21.2 Å². The molecule has 2 N–H and O–H groups in total. The van der Waals surface area contributed by atoms with Gasteiger partial charge in [-0.25, -0.2) is 9.97 Å². The minimum Gasteiger partial charge on any atom is -0.345 e. The fourth-order valence-corrected chi connectivity index (χ4v) is 2.60. The fraction of sp³-hybridized carbons (Fsp3) is 0.133. The van der Waals surface area contributed by atoms with Crippen LogP contribution in [0.1, 0.15) is 16.7 Å². The molecule has 3 aromatic rings. The van der Waals surface area contributed by atoms with Gasteiger partial charge in [-0.15, -0.1) is 0 Å². The molecule has 23 heavy (non-hydrogen) atoms. The average Bonchev–Trinajstić information content (AvgIpc) is 3.12. The number of anilines is 2. The molecule has 0 fully saturated rings. The number of benzene rings is 1. The Hall–Kier alpha value is -2.90. The van der Waals surface area contributed by atoms with Crippen LogP contribution in [0.3, 0.4) is 0 Å². The van der Waals surface area contributed by atoms with Crippen LogP contribution in [0.15, 0.2) is 35.7 Å². The molecule has 116 valence electrons. The zero-order valence-corrected chi connectivity index (χ0v) is 11.6. The molecule has 0 radical (unpaired) electrons. The van der Waals surface area contributed by atoms with Gasteiger partial charge in [-0.05, 0) is 23.3 Å². The molecule has 1 aliphatic heterocycles. The summed E-state index contributed by atoms with van der Waals surface area (Å²) in [5.41, 5.74) is 2.02. The largest absolute Gasteiger partial charge is 0.418 e. The average molecular weight is 317 g/mol. The van der Waals surface area contributed by atoms with E-state index in [1.54, 1.807) is 12.3 Å². The molecule has 8 heteroatoms. The molecule has 1 aromatic carbocycles. The van der Waals surface area contributed by atoms with Crippen molar-refractivity contribution in [3.05, 3.63) is 47.4 Å². The zero-order valence-electron chi connectivity index (χ0n) is 11.6. The topological polar surface area (TPSA) is 66.0 Å². The Morgan fingerprint density at radius 3 is 2.87 bits per heavy atom. The van der Waals surface area contributed by atoms with Crippen LogP contribution in [0.2, 0.25) is 0 Å². The zero-order chi connectivity index (χ0) is 16.0. The number of aromatic amines is 1. The minimum atomic E-state index is -4.48. The summed E-state index contributed by atoms with van der Waals surface area (Å²) in [7, 11) is 0. The van der Waals surface area contributed by atoms with Crippen molar-refractivity contribution in [2.45, 2.75) is 12.7 Å². The summed E-state index contributed by atoms with van der Waals surface area (Å²) in [6.45, 7) is 0.628. The number of hydrogen-bond acceptors (Lipinski definition) is 4. The maximum Gasteiger partial charge on any atom is 0.418 e. The Labute approximate surface area is 128 Å². The Bertz CT molecular complexity index is 926. The number of aliphatic imine (C=N–C) groups is 1. The van der Waals surface area contributed by atoms with Crippen LogP contribution < -0.4 is 5.32 Å². The Morgan fingerprint density at radius 2 is 2.04 bits per heavy atom. The number of H-pyrrole nitrogens is 1. The molecule has 0 saturated carbocycles. The second kappa shape index (κ2) is 4.80. The van der Waals surface area contributed by atoms with Crippen molar-refractivity contribution in [3.8, 4) is 0 Å². The van der Waals surface area contributed by atoms with Gasteiger partial charge >= 0.3 is 6.18 Å². The summed E-state index contributed by atoms with van der Waals surface area (Å²) in [6, 6.07) is 5.52. The second-order valence-electron chi connectivity index (χ2n) is 5.15. The fourth-order valence-electron chi connectivity index (χ4n) is 2.60. The van der Waals surface area contributed by atoms with Crippen LogP contribution in [-0.2, 0) is 12.7 Å². The van der Waals surface area contributed by atoms with Gasteiger partial charge in [0.2, 0.25) is 0 Å². The maximum atomic E-state index is 13.1. The SMILES string of the molecule is FC(F)(F)c1c[nH]c2ncnc(Nc3ccc4c(c3)C=NC4)c12. The number of nitrogens with zero attached hydrogens (tertiary/aromatic N) is 3. The van der Waals surface area contributed by atoms with E-state index in [0.29, 0.717) is 12.2 Å². The third-order valence-corrected chi connectivity index (χ3v) is 3.68. The van der Waals surface area contributed by atoms with Crippen LogP contribution in [0.5, 0.6) is 0 Å². The lowest BCUT2D eigenvalue weighted by atomic mass is 10.1. The summed E-state index contributed by atoms with van der Waals surface area (Å²) < 4.78 is 39.4. The quantitative estimate of drug-likeness (QED) is 0.758. The van der Waals surface area contributed by atoms with Gasteiger partial charge in [0.1, 0.15) is 17.8 Å². The summed E-state index contributed by atoms with van der Waals surface area (Å²) >= 11 is 0. The standard InChI is InChI=1S/C15H10F3N5/c16-15(17,18)11-6-20-13-12(11)14(22-7-21-13)23-10-2-1-8-4-19-5-9(8)3-10/h1-3,5-7H,4H2,(H2,20,21,22,23). The summed E-state index contributed by atoms with van der Waals surface area (Å²) in [5, 5.41) is 2.87. The van der Waals surface area contributed by atoms with Gasteiger partial charge in [0.25, 0.3) is 0 Å². The first-order valence-electron chi connectivity index (χ1n) is 6.81. The molecule has 5 nitrogen and oxygen atoms in total. The van der Waals surface area contributed by atoms with Gasteiger partial charge in [-0.3, -0.25) is 4.99 Å². The predicted molar refractivity (Wildman–Crippen MR) is 79.9 cm³/mol. The first-order valence-corrected chi connectivity index (χ1v) is 6.81. The molecule has 3 heterocycles. The van der Waals surface area contributed by atoms with E-state index in [1.165, 1.54) is 6.33 Å². The van der Waals surface area contributed by atoms with E-state index in [0.717, 1.165) is 17.3 Å². The van der Waals surface area contributed by atoms with E-state index in [4.69, 9.17) is 0 Å². The molecule has 0 spiro atoms. The highest BCUT2D eigenvalue weighted by Crippen LogP contribution is 2.37. The first-order chi connectivity index (χ1) is 11.0. The lowest BCUT2D eigenvalue weighted by Crippen LogP contribution is -2.05. The molecule has 2 aromatic heterocycles. The first kappa shape index (κ1) is 13.7. The van der Waals surface area contributed by atoms with Gasteiger partial charge < -0.3 is 10.3 Å². The number of alkyl halides is 3. The van der Waals surface area contributed by atoms with E-state index < -0.39 is 11.7 Å². The van der Waals surface area contributed by atoms with Crippen LogP contribution in [0.4, 0.5) is 24.7 Å². The number of fused-ring (bicyclic) bond motifs is 2. The van der Waals surface area contributed by atoms with Crippen LogP contribution >= 0.6 is 0 Å². The summed E-state index contributed by atoms with van der Waals surface area (Å²) in [6.07, 6.45) is -0.618. The molecular formula is C15H10F3N5. The molecule has 0 amide bonds. The second-order valence-corrected chi connectivity index (χ2v) is 5.15. The smallest absolute Gasteiger partial charge is 0.345 e. The van der Waals surface area contributed by atoms with Gasteiger partial charge in [-0.2, -0.15) is 13.2 Å². The molecule has 0 saturated heterocycles. The number of halogens is 3. The Morgan fingerprint density at radius 1 is 1.17 bits per heavy atom. The van der Waals surface area contributed by atoms with Crippen molar-refractivity contribution in [2.24, 2.45) is 4.99 Å².